The van der Waals surface area contributed by atoms with Crippen molar-refractivity contribution in [1.29, 1.82) is 0 Å². The minimum absolute atomic E-state index is 0.794. The van der Waals surface area contributed by atoms with Gasteiger partial charge >= 0.3 is 0 Å². The maximum Gasteiger partial charge on any atom is 0.110 e. The Hall–Kier alpha value is -2.16. The van der Waals surface area contributed by atoms with Crippen LogP contribution < -0.4 is 0 Å². The second-order valence-corrected chi connectivity index (χ2v) is 5.22. The molecule has 3 aromatic carbocycles. The molecule has 20 heavy (non-hydrogen) atoms. The monoisotopic (exact) mass is 262 g/mol. The highest BCUT2D eigenvalue weighted by Crippen LogP contribution is 2.46. The Balaban J connectivity index is 2.14. The molecule has 0 radical (unpaired) electrons. The van der Waals surface area contributed by atoms with E-state index >= 15 is 0 Å². The first kappa shape index (κ1) is 11.6. The minimum Gasteiger partial charge on any atom is -0.385 e. The molecule has 0 unspecified atom stereocenters. The molecule has 4 rings (SSSR count). The summed E-state index contributed by atoms with van der Waals surface area (Å²) in [7, 11) is 0. The fraction of sp³-hybridized carbons (Fsp3) is 0.111. The van der Waals surface area contributed by atoms with Gasteiger partial charge in [-0.2, -0.15) is 0 Å². The van der Waals surface area contributed by atoms with Crippen LogP contribution in [0, 0.1) is 0 Å². The number of aliphatic hydroxyl groups excluding tert-OH is 2. The topological polar surface area (TPSA) is 40.5 Å². The number of hydrogen-bond acceptors (Lipinski definition) is 2. The van der Waals surface area contributed by atoms with E-state index < -0.39 is 12.2 Å². The average Bonchev–Trinajstić information content (AvgIpc) is 2.51. The SMILES string of the molecule is O[C@H]1c2ccccc2-c2ccc3ccccc3c2[C@@H]1O. The Morgan fingerprint density at radius 3 is 2.30 bits per heavy atom. The second kappa shape index (κ2) is 4.17. The van der Waals surface area contributed by atoms with E-state index in [4.69, 9.17) is 0 Å². The molecule has 2 N–H and O–H groups in total. The molecule has 0 heterocycles. The van der Waals surface area contributed by atoms with Crippen LogP contribution in [0.25, 0.3) is 21.9 Å². The molecule has 1 aliphatic carbocycles. The molecule has 0 saturated carbocycles. The van der Waals surface area contributed by atoms with Crippen LogP contribution in [0.4, 0.5) is 0 Å². The van der Waals surface area contributed by atoms with Crippen LogP contribution in [0.2, 0.25) is 0 Å². The van der Waals surface area contributed by atoms with Gasteiger partial charge in [0.1, 0.15) is 12.2 Å². The lowest BCUT2D eigenvalue weighted by molar-refractivity contribution is 0.0167. The van der Waals surface area contributed by atoms with Crippen molar-refractivity contribution in [2.24, 2.45) is 0 Å². The van der Waals surface area contributed by atoms with Gasteiger partial charge in [0, 0.05) is 0 Å². The Kier molecular flexibility index (Phi) is 2.43. The van der Waals surface area contributed by atoms with Crippen LogP contribution in [0.1, 0.15) is 23.3 Å². The lowest BCUT2D eigenvalue weighted by Gasteiger charge is -2.30. The van der Waals surface area contributed by atoms with Crippen LogP contribution in [-0.4, -0.2) is 10.2 Å². The molecule has 2 nitrogen and oxygen atoms in total. The predicted octanol–water partition coefficient (Wildman–Crippen LogP) is 3.59. The molecule has 0 amide bonds. The van der Waals surface area contributed by atoms with Gasteiger partial charge in [0.2, 0.25) is 0 Å². The lowest BCUT2D eigenvalue weighted by atomic mass is 9.80. The Bertz CT molecular complexity index is 807. The summed E-state index contributed by atoms with van der Waals surface area (Å²) in [5.41, 5.74) is 3.64. The first-order valence-electron chi connectivity index (χ1n) is 6.74. The number of aliphatic hydroxyl groups is 2. The van der Waals surface area contributed by atoms with Gasteiger partial charge in [0.15, 0.2) is 0 Å². The number of hydrogen-bond donors (Lipinski definition) is 2. The van der Waals surface area contributed by atoms with Crippen molar-refractivity contribution in [3.05, 3.63) is 71.8 Å². The van der Waals surface area contributed by atoms with Crippen molar-refractivity contribution in [3.8, 4) is 11.1 Å². The second-order valence-electron chi connectivity index (χ2n) is 5.22. The maximum atomic E-state index is 10.5. The highest BCUT2D eigenvalue weighted by atomic mass is 16.3. The van der Waals surface area contributed by atoms with Crippen molar-refractivity contribution in [2.45, 2.75) is 12.2 Å². The van der Waals surface area contributed by atoms with Crippen molar-refractivity contribution >= 4 is 10.8 Å². The zero-order valence-electron chi connectivity index (χ0n) is 10.8. The van der Waals surface area contributed by atoms with Gasteiger partial charge in [-0.25, -0.2) is 0 Å². The van der Waals surface area contributed by atoms with E-state index in [1.54, 1.807) is 0 Å². The summed E-state index contributed by atoms with van der Waals surface area (Å²) >= 11 is 0. The van der Waals surface area contributed by atoms with E-state index in [0.29, 0.717) is 0 Å². The molecular formula is C18H14O2. The molecule has 2 atom stereocenters. The van der Waals surface area contributed by atoms with E-state index in [2.05, 4.69) is 6.07 Å². The fourth-order valence-electron chi connectivity index (χ4n) is 3.18. The van der Waals surface area contributed by atoms with E-state index in [-0.39, 0.29) is 0 Å². The smallest absolute Gasteiger partial charge is 0.110 e. The summed E-state index contributed by atoms with van der Waals surface area (Å²) in [5.74, 6) is 0. The van der Waals surface area contributed by atoms with Gasteiger partial charge in [-0.1, -0.05) is 60.7 Å². The molecule has 0 saturated heterocycles. The lowest BCUT2D eigenvalue weighted by Crippen LogP contribution is -2.17. The van der Waals surface area contributed by atoms with E-state index in [1.165, 1.54) is 0 Å². The highest BCUT2D eigenvalue weighted by molar-refractivity contribution is 5.93. The van der Waals surface area contributed by atoms with Crippen LogP contribution in [0.3, 0.4) is 0 Å². The zero-order chi connectivity index (χ0) is 13.7. The quantitative estimate of drug-likeness (QED) is 0.650. The van der Waals surface area contributed by atoms with Crippen LogP contribution in [0.15, 0.2) is 60.7 Å². The molecule has 0 aliphatic heterocycles. The molecule has 3 aromatic rings. The fourth-order valence-corrected chi connectivity index (χ4v) is 3.18. The molecule has 98 valence electrons. The molecule has 0 spiro atoms. The van der Waals surface area contributed by atoms with Crippen LogP contribution in [0.5, 0.6) is 0 Å². The Morgan fingerprint density at radius 1 is 0.650 bits per heavy atom. The van der Waals surface area contributed by atoms with Gasteiger partial charge in [0.05, 0.1) is 0 Å². The normalized spacial score (nSPS) is 20.5. The van der Waals surface area contributed by atoms with Crippen LogP contribution in [-0.2, 0) is 0 Å². The van der Waals surface area contributed by atoms with Gasteiger partial charge in [-0.3, -0.25) is 0 Å². The summed E-state index contributed by atoms with van der Waals surface area (Å²) in [6.45, 7) is 0. The largest absolute Gasteiger partial charge is 0.385 e. The van der Waals surface area contributed by atoms with Gasteiger partial charge in [0.25, 0.3) is 0 Å². The number of rotatable bonds is 0. The standard InChI is InChI=1S/C18H14O2/c19-17-15-8-4-3-7-13(15)14-10-9-11-5-1-2-6-12(11)16(14)18(17)20/h1-10,17-20H/t17-,18-/m0/s1. The van der Waals surface area contributed by atoms with Crippen LogP contribution >= 0.6 is 0 Å². The summed E-state index contributed by atoms with van der Waals surface area (Å²) in [6, 6.07) is 19.8. The third-order valence-corrected chi connectivity index (χ3v) is 4.14. The summed E-state index contributed by atoms with van der Waals surface area (Å²) in [5, 5.41) is 23.0. The summed E-state index contributed by atoms with van der Waals surface area (Å²) in [4.78, 5) is 0. The molecule has 0 bridgehead atoms. The third kappa shape index (κ3) is 1.46. The van der Waals surface area contributed by atoms with Crippen molar-refractivity contribution in [3.63, 3.8) is 0 Å². The number of fused-ring (bicyclic) bond motifs is 5. The van der Waals surface area contributed by atoms with Crippen molar-refractivity contribution in [2.75, 3.05) is 0 Å². The molecule has 0 fully saturated rings. The predicted molar refractivity (Wildman–Crippen MR) is 79.3 cm³/mol. The van der Waals surface area contributed by atoms with Gasteiger partial charge in [-0.05, 0) is 33.0 Å². The van der Waals surface area contributed by atoms with Crippen molar-refractivity contribution in [1.82, 2.24) is 0 Å². The Labute approximate surface area is 116 Å². The first-order valence-corrected chi connectivity index (χ1v) is 6.74. The average molecular weight is 262 g/mol. The van der Waals surface area contributed by atoms with E-state index in [0.717, 1.165) is 33.0 Å². The van der Waals surface area contributed by atoms with Gasteiger partial charge < -0.3 is 10.2 Å². The maximum absolute atomic E-state index is 10.5. The number of benzene rings is 3. The van der Waals surface area contributed by atoms with Crippen molar-refractivity contribution < 1.29 is 10.2 Å². The zero-order valence-corrected chi connectivity index (χ0v) is 10.8. The Morgan fingerprint density at radius 2 is 1.40 bits per heavy atom. The third-order valence-electron chi connectivity index (χ3n) is 4.14. The molecule has 1 aliphatic rings. The molecule has 2 heteroatoms. The molecule has 0 aromatic heterocycles. The van der Waals surface area contributed by atoms with E-state index in [9.17, 15) is 10.2 Å². The van der Waals surface area contributed by atoms with Gasteiger partial charge in [-0.15, -0.1) is 0 Å². The first-order chi connectivity index (χ1) is 9.77. The summed E-state index contributed by atoms with van der Waals surface area (Å²) < 4.78 is 0. The summed E-state index contributed by atoms with van der Waals surface area (Å²) in [6.07, 6.45) is -1.75. The minimum atomic E-state index is -0.883. The van der Waals surface area contributed by atoms with E-state index in [1.807, 2.05) is 54.6 Å². The molecular weight excluding hydrogens is 248 g/mol. The highest BCUT2D eigenvalue weighted by Gasteiger charge is 2.31.